The van der Waals surface area contributed by atoms with Gasteiger partial charge in [-0.1, -0.05) is 0 Å². The second-order valence-corrected chi connectivity index (χ2v) is 9.07. The molecule has 0 spiro atoms. The van der Waals surface area contributed by atoms with E-state index in [0.29, 0.717) is 11.4 Å². The molecule has 3 aromatic rings. The Hall–Kier alpha value is -4.55. The van der Waals surface area contributed by atoms with Gasteiger partial charge in [0.25, 0.3) is 5.91 Å². The van der Waals surface area contributed by atoms with E-state index >= 15 is 0 Å². The fourth-order valence-corrected chi connectivity index (χ4v) is 3.90. The largest absolute Gasteiger partial charge is 0.478 e. The Morgan fingerprint density at radius 1 is 1.00 bits per heavy atom. The molecule has 2 aromatic carbocycles. The monoisotopic (exact) mass is 495 g/mol. The number of carboxylic acid groups (broad SMARTS) is 2. The number of carboxylic acids is 2. The van der Waals surface area contributed by atoms with Gasteiger partial charge in [0, 0.05) is 5.56 Å². The van der Waals surface area contributed by atoms with Gasteiger partial charge in [0.15, 0.2) is 0 Å². The zero-order valence-corrected chi connectivity index (χ0v) is 18.8. The lowest BCUT2D eigenvalue weighted by Crippen LogP contribution is -2.21. The highest BCUT2D eigenvalue weighted by molar-refractivity contribution is 7.89. The zero-order valence-electron chi connectivity index (χ0n) is 18.0. The van der Waals surface area contributed by atoms with Crippen LogP contribution in [0, 0.1) is 0 Å². The van der Waals surface area contributed by atoms with Crippen LogP contribution in [0.3, 0.4) is 0 Å². The van der Waals surface area contributed by atoms with Crippen molar-refractivity contribution < 1.29 is 37.4 Å². The molecule has 0 unspecified atom stereocenters. The minimum absolute atomic E-state index is 0.106. The van der Waals surface area contributed by atoms with Gasteiger partial charge in [-0.15, -0.1) is 0 Å². The quantitative estimate of drug-likeness (QED) is 0.436. The molecular weight excluding hydrogens is 478 g/mol. The van der Waals surface area contributed by atoms with E-state index in [4.69, 9.17) is 9.56 Å². The number of primary sulfonamides is 1. The van der Waals surface area contributed by atoms with Gasteiger partial charge < -0.3 is 14.6 Å². The molecule has 12 heteroatoms. The van der Waals surface area contributed by atoms with Crippen LogP contribution in [0.15, 0.2) is 74.6 Å². The van der Waals surface area contributed by atoms with E-state index in [1.54, 1.807) is 13.0 Å². The van der Waals surface area contributed by atoms with Gasteiger partial charge in [0.2, 0.25) is 10.0 Å². The first kappa shape index (κ1) is 23.6. The highest BCUT2D eigenvalue weighted by atomic mass is 32.2. The number of nitrogens with zero attached hydrogens (tertiary/aromatic N) is 2. The summed E-state index contributed by atoms with van der Waals surface area (Å²) in [6.45, 7) is 1.61. The van der Waals surface area contributed by atoms with Crippen molar-refractivity contribution in [3.63, 3.8) is 0 Å². The average molecular weight is 495 g/mol. The van der Waals surface area contributed by atoms with Crippen LogP contribution >= 0.6 is 0 Å². The number of furan rings is 1. The summed E-state index contributed by atoms with van der Waals surface area (Å²) in [5, 5.41) is 28.9. The van der Waals surface area contributed by atoms with Gasteiger partial charge in [-0.05, 0) is 67.6 Å². The Morgan fingerprint density at radius 3 is 2.14 bits per heavy atom. The molecule has 35 heavy (non-hydrogen) atoms. The van der Waals surface area contributed by atoms with Crippen LogP contribution in [0.2, 0.25) is 0 Å². The summed E-state index contributed by atoms with van der Waals surface area (Å²) >= 11 is 0. The van der Waals surface area contributed by atoms with Gasteiger partial charge >= 0.3 is 11.9 Å². The molecule has 0 fully saturated rings. The van der Waals surface area contributed by atoms with Crippen molar-refractivity contribution >= 4 is 45.3 Å². The average Bonchev–Trinajstić information content (AvgIpc) is 3.38. The zero-order chi connectivity index (χ0) is 25.5. The molecule has 1 aliphatic heterocycles. The Balaban J connectivity index is 1.63. The molecule has 4 rings (SSSR count). The molecule has 0 atom stereocenters. The number of rotatable bonds is 6. The second-order valence-electron chi connectivity index (χ2n) is 7.51. The number of carbonyl (C=O) groups is 3. The maximum atomic E-state index is 12.9. The van der Waals surface area contributed by atoms with E-state index in [2.05, 4.69) is 5.10 Å². The molecule has 2 heterocycles. The van der Waals surface area contributed by atoms with Crippen molar-refractivity contribution in [2.75, 3.05) is 5.01 Å². The summed E-state index contributed by atoms with van der Waals surface area (Å²) in [4.78, 5) is 35.6. The summed E-state index contributed by atoms with van der Waals surface area (Å²) in [5.74, 6) is -2.60. The number of hydrogen-bond donors (Lipinski definition) is 3. The first-order chi connectivity index (χ1) is 16.4. The maximum Gasteiger partial charge on any atom is 0.335 e. The molecule has 11 nitrogen and oxygen atoms in total. The Morgan fingerprint density at radius 2 is 1.60 bits per heavy atom. The SMILES string of the molecule is CC1=NN(c2ccc(S(N)(=O)=O)cc2)C(=O)/C1=C\c1ccc(-c2cc(C(=O)O)cc(C(=O)O)c2)o1. The lowest BCUT2D eigenvalue weighted by molar-refractivity contribution is -0.114. The van der Waals surface area contributed by atoms with Crippen LogP contribution in [0.1, 0.15) is 33.4 Å². The van der Waals surface area contributed by atoms with E-state index in [1.165, 1.54) is 48.5 Å². The minimum atomic E-state index is -3.88. The van der Waals surface area contributed by atoms with Crippen LogP contribution in [0.5, 0.6) is 0 Å². The molecule has 4 N–H and O–H groups in total. The van der Waals surface area contributed by atoms with Crippen molar-refractivity contribution in [3.8, 4) is 11.3 Å². The number of carbonyl (C=O) groups excluding carboxylic acids is 1. The normalized spacial score (nSPS) is 14.9. The number of hydrazone groups is 1. The third kappa shape index (κ3) is 4.74. The molecule has 0 aliphatic carbocycles. The number of hydrogen-bond acceptors (Lipinski definition) is 7. The van der Waals surface area contributed by atoms with Gasteiger partial charge in [0.1, 0.15) is 11.5 Å². The Kier molecular flexibility index (Phi) is 5.84. The van der Waals surface area contributed by atoms with Crippen molar-refractivity contribution in [2.45, 2.75) is 11.8 Å². The van der Waals surface area contributed by atoms with Gasteiger partial charge in [-0.25, -0.2) is 23.1 Å². The summed E-state index contributed by atoms with van der Waals surface area (Å²) in [5.41, 5.74) is 0.739. The van der Waals surface area contributed by atoms with Gasteiger partial charge in [0.05, 0.1) is 33.0 Å². The standard InChI is InChI=1S/C23H17N3O8S/c1-12-19(21(27)26(25-12)16-2-5-18(6-3-16)35(24,32)33)11-17-4-7-20(34-17)13-8-14(22(28)29)10-15(9-13)23(30)31/h2-11H,1H3,(H,28,29)(H,30,31)(H2,24,32,33)/b19-11-. The van der Waals surface area contributed by atoms with Gasteiger partial charge in [-0.2, -0.15) is 10.1 Å². The van der Waals surface area contributed by atoms with Crippen molar-refractivity contribution in [1.82, 2.24) is 0 Å². The number of sulfonamides is 1. The first-order valence-electron chi connectivity index (χ1n) is 9.90. The lowest BCUT2D eigenvalue weighted by atomic mass is 10.0. The molecule has 1 amide bonds. The molecule has 1 aliphatic rings. The number of benzene rings is 2. The third-order valence-corrected chi connectivity index (χ3v) is 6.03. The van der Waals surface area contributed by atoms with Crippen molar-refractivity contribution in [2.24, 2.45) is 10.2 Å². The van der Waals surface area contributed by atoms with Gasteiger partial charge in [-0.3, -0.25) is 4.79 Å². The van der Waals surface area contributed by atoms with Crippen LogP contribution in [-0.2, 0) is 14.8 Å². The van der Waals surface area contributed by atoms with E-state index in [9.17, 15) is 33.0 Å². The molecule has 0 saturated carbocycles. The molecule has 0 bridgehead atoms. The molecular formula is C23H17N3O8S. The predicted octanol–water partition coefficient (Wildman–Crippen LogP) is 2.80. The van der Waals surface area contributed by atoms with Crippen LogP contribution in [-0.4, -0.2) is 42.2 Å². The molecule has 178 valence electrons. The van der Waals surface area contributed by atoms with Crippen molar-refractivity contribution in [1.29, 1.82) is 0 Å². The van der Waals surface area contributed by atoms with E-state index in [-0.39, 0.29) is 38.7 Å². The number of nitrogens with two attached hydrogens (primary N) is 1. The number of amides is 1. The summed E-state index contributed by atoms with van der Waals surface area (Å²) in [6, 6.07) is 12.0. The van der Waals surface area contributed by atoms with E-state index in [0.717, 1.165) is 11.1 Å². The van der Waals surface area contributed by atoms with E-state index < -0.39 is 27.9 Å². The number of anilines is 1. The van der Waals surface area contributed by atoms with Crippen LogP contribution in [0.4, 0.5) is 5.69 Å². The fraction of sp³-hybridized carbons (Fsp3) is 0.0435. The van der Waals surface area contributed by atoms with Crippen LogP contribution < -0.4 is 10.1 Å². The van der Waals surface area contributed by atoms with E-state index in [1.807, 2.05) is 0 Å². The smallest absolute Gasteiger partial charge is 0.335 e. The lowest BCUT2D eigenvalue weighted by Gasteiger charge is -2.12. The highest BCUT2D eigenvalue weighted by Gasteiger charge is 2.29. The fourth-order valence-electron chi connectivity index (χ4n) is 3.38. The number of aromatic carboxylic acids is 2. The molecule has 0 saturated heterocycles. The second kappa shape index (κ2) is 8.66. The minimum Gasteiger partial charge on any atom is -0.478 e. The molecule has 1 aromatic heterocycles. The maximum absolute atomic E-state index is 12.9. The summed E-state index contributed by atoms with van der Waals surface area (Å²) in [6.07, 6.45) is 1.45. The Bertz CT molecular complexity index is 1520. The van der Waals surface area contributed by atoms with Crippen LogP contribution in [0.25, 0.3) is 17.4 Å². The Labute approximate surface area is 198 Å². The predicted molar refractivity (Wildman–Crippen MR) is 124 cm³/mol. The van der Waals surface area contributed by atoms with Crippen molar-refractivity contribution in [3.05, 3.63) is 77.1 Å². The summed E-state index contributed by atoms with van der Waals surface area (Å²) < 4.78 is 28.6. The highest BCUT2D eigenvalue weighted by Crippen LogP contribution is 2.29. The third-order valence-electron chi connectivity index (χ3n) is 5.10. The first-order valence-corrected chi connectivity index (χ1v) is 11.4. The molecule has 0 radical (unpaired) electrons. The summed E-state index contributed by atoms with van der Waals surface area (Å²) in [7, 11) is -3.88. The topological polar surface area (TPSA) is 181 Å².